The zero-order valence-corrected chi connectivity index (χ0v) is 13.0. The minimum absolute atomic E-state index is 0.230. The summed E-state index contributed by atoms with van der Waals surface area (Å²) in [5.74, 6) is 3.27. The number of hydrogen-bond donors (Lipinski definition) is 0. The summed E-state index contributed by atoms with van der Waals surface area (Å²) in [5.41, 5.74) is 1.28. The average molecular weight is 313 g/mol. The summed E-state index contributed by atoms with van der Waals surface area (Å²) >= 11 is 0. The largest absolute Gasteiger partial charge is 0.497 e. The van der Waals surface area contributed by atoms with Crippen molar-refractivity contribution in [3.05, 3.63) is 48.0 Å². The van der Waals surface area contributed by atoms with Crippen LogP contribution in [0.2, 0.25) is 0 Å². The molecule has 0 atom stereocenters. The van der Waals surface area contributed by atoms with Crippen molar-refractivity contribution in [2.24, 2.45) is 0 Å². The monoisotopic (exact) mass is 313 g/mol. The van der Waals surface area contributed by atoms with E-state index in [4.69, 9.17) is 18.9 Å². The molecule has 2 aromatic rings. The number of hydrogen-bond acceptors (Lipinski definition) is 5. The molecule has 0 unspecified atom stereocenters. The predicted octanol–water partition coefficient (Wildman–Crippen LogP) is 2.69. The molecular formula is C18H19NO4. The van der Waals surface area contributed by atoms with Gasteiger partial charge in [0.05, 0.1) is 7.11 Å². The fourth-order valence-corrected chi connectivity index (χ4v) is 2.86. The van der Waals surface area contributed by atoms with Gasteiger partial charge in [-0.2, -0.15) is 0 Å². The van der Waals surface area contributed by atoms with Crippen LogP contribution in [-0.2, 0) is 6.54 Å². The molecule has 2 aliphatic rings. The molecule has 0 saturated carbocycles. The minimum atomic E-state index is 0.230. The maximum Gasteiger partial charge on any atom is 0.231 e. The number of rotatable bonds is 5. The van der Waals surface area contributed by atoms with Crippen LogP contribution in [-0.4, -0.2) is 38.0 Å². The van der Waals surface area contributed by atoms with E-state index in [0.717, 1.165) is 42.6 Å². The maximum atomic E-state index is 5.98. The quantitative estimate of drug-likeness (QED) is 0.849. The first kappa shape index (κ1) is 14.2. The predicted molar refractivity (Wildman–Crippen MR) is 85.3 cm³/mol. The van der Waals surface area contributed by atoms with Gasteiger partial charge in [-0.1, -0.05) is 12.1 Å². The van der Waals surface area contributed by atoms with E-state index < -0.39 is 0 Å². The average Bonchev–Trinajstić information content (AvgIpc) is 3.01. The van der Waals surface area contributed by atoms with Crippen LogP contribution in [0.1, 0.15) is 5.56 Å². The van der Waals surface area contributed by atoms with Crippen LogP contribution in [0.4, 0.5) is 0 Å². The van der Waals surface area contributed by atoms with Crippen LogP contribution in [0.3, 0.4) is 0 Å². The van der Waals surface area contributed by atoms with Crippen molar-refractivity contribution < 1.29 is 18.9 Å². The third-order valence-electron chi connectivity index (χ3n) is 4.14. The molecular weight excluding hydrogens is 294 g/mol. The Morgan fingerprint density at radius 2 is 1.74 bits per heavy atom. The van der Waals surface area contributed by atoms with Crippen LogP contribution in [0.15, 0.2) is 42.5 Å². The van der Waals surface area contributed by atoms with E-state index in [0.29, 0.717) is 0 Å². The van der Waals surface area contributed by atoms with Crippen molar-refractivity contribution in [1.82, 2.24) is 4.90 Å². The summed E-state index contributed by atoms with van der Waals surface area (Å²) in [6.45, 7) is 3.09. The van der Waals surface area contributed by atoms with Crippen LogP contribution in [0.25, 0.3) is 0 Å². The van der Waals surface area contributed by atoms with Crippen molar-refractivity contribution in [3.8, 4) is 23.0 Å². The van der Waals surface area contributed by atoms with Gasteiger partial charge in [0.25, 0.3) is 0 Å². The highest BCUT2D eigenvalue weighted by atomic mass is 16.7. The Morgan fingerprint density at radius 1 is 1.00 bits per heavy atom. The first-order chi connectivity index (χ1) is 11.3. The molecule has 0 aromatic heterocycles. The molecule has 4 rings (SSSR count). The van der Waals surface area contributed by atoms with Gasteiger partial charge < -0.3 is 18.9 Å². The number of benzene rings is 2. The molecule has 0 radical (unpaired) electrons. The maximum absolute atomic E-state index is 5.98. The fourth-order valence-electron chi connectivity index (χ4n) is 2.86. The van der Waals surface area contributed by atoms with Gasteiger partial charge in [0.15, 0.2) is 11.5 Å². The molecule has 1 fully saturated rings. The van der Waals surface area contributed by atoms with Gasteiger partial charge in [-0.05, 0) is 29.8 Å². The van der Waals surface area contributed by atoms with Crippen molar-refractivity contribution in [2.75, 3.05) is 27.0 Å². The minimum Gasteiger partial charge on any atom is -0.497 e. The summed E-state index contributed by atoms with van der Waals surface area (Å²) in [5, 5.41) is 0. The number of fused-ring (bicyclic) bond motifs is 1. The smallest absolute Gasteiger partial charge is 0.231 e. The summed E-state index contributed by atoms with van der Waals surface area (Å²) in [6, 6.07) is 13.9. The Balaban J connectivity index is 1.28. The zero-order chi connectivity index (χ0) is 15.6. The lowest BCUT2D eigenvalue weighted by Gasteiger charge is -2.39. The van der Waals surface area contributed by atoms with Gasteiger partial charge >= 0.3 is 0 Å². The van der Waals surface area contributed by atoms with E-state index in [1.165, 1.54) is 5.56 Å². The topological polar surface area (TPSA) is 40.2 Å². The number of ether oxygens (including phenoxy) is 4. The molecule has 0 aliphatic carbocycles. The van der Waals surface area contributed by atoms with Crippen LogP contribution in [0, 0.1) is 0 Å². The number of methoxy groups -OCH3 is 1. The molecule has 1 saturated heterocycles. The molecule has 2 aromatic carbocycles. The highest BCUT2D eigenvalue weighted by Crippen LogP contribution is 2.35. The Morgan fingerprint density at radius 3 is 2.52 bits per heavy atom. The Bertz CT molecular complexity index is 680. The second kappa shape index (κ2) is 6.01. The van der Waals surface area contributed by atoms with E-state index in [-0.39, 0.29) is 12.9 Å². The van der Waals surface area contributed by atoms with E-state index in [1.54, 1.807) is 7.11 Å². The Kier molecular flexibility index (Phi) is 3.71. The number of likely N-dealkylation sites (tertiary alicyclic amines) is 1. The highest BCUT2D eigenvalue weighted by molar-refractivity contribution is 5.47. The Hall–Kier alpha value is -2.40. The zero-order valence-electron chi connectivity index (χ0n) is 13.0. The Labute approximate surface area is 135 Å². The normalized spacial score (nSPS) is 16.9. The van der Waals surface area contributed by atoms with Gasteiger partial charge in [-0.25, -0.2) is 0 Å². The summed E-state index contributed by atoms with van der Waals surface area (Å²) in [4.78, 5) is 2.36. The molecule has 5 heteroatoms. The summed E-state index contributed by atoms with van der Waals surface area (Å²) < 4.78 is 21.8. The summed E-state index contributed by atoms with van der Waals surface area (Å²) in [6.07, 6.45) is 0.230. The molecule has 23 heavy (non-hydrogen) atoms. The third-order valence-corrected chi connectivity index (χ3v) is 4.14. The molecule has 0 amide bonds. The van der Waals surface area contributed by atoms with E-state index in [2.05, 4.69) is 17.0 Å². The first-order valence-corrected chi connectivity index (χ1v) is 7.72. The lowest BCUT2D eigenvalue weighted by molar-refractivity contribution is 0.0145. The molecule has 5 nitrogen and oxygen atoms in total. The van der Waals surface area contributed by atoms with Crippen molar-refractivity contribution in [3.63, 3.8) is 0 Å². The second-order valence-corrected chi connectivity index (χ2v) is 5.80. The lowest BCUT2D eigenvalue weighted by atomic mass is 10.1. The molecule has 0 N–H and O–H groups in total. The molecule has 2 aliphatic heterocycles. The van der Waals surface area contributed by atoms with Crippen LogP contribution >= 0.6 is 0 Å². The third kappa shape index (κ3) is 3.05. The van der Waals surface area contributed by atoms with Crippen LogP contribution < -0.4 is 18.9 Å². The fraction of sp³-hybridized carbons (Fsp3) is 0.333. The molecule has 0 spiro atoms. The van der Waals surface area contributed by atoms with Gasteiger partial charge in [0.2, 0.25) is 6.79 Å². The van der Waals surface area contributed by atoms with Crippen molar-refractivity contribution >= 4 is 0 Å². The summed E-state index contributed by atoms with van der Waals surface area (Å²) in [7, 11) is 1.68. The lowest BCUT2D eigenvalue weighted by Crippen LogP contribution is -2.53. The van der Waals surface area contributed by atoms with Crippen molar-refractivity contribution in [1.29, 1.82) is 0 Å². The van der Waals surface area contributed by atoms with E-state index in [1.807, 2.05) is 30.3 Å². The number of nitrogens with zero attached hydrogens (tertiary/aromatic N) is 1. The van der Waals surface area contributed by atoms with E-state index >= 15 is 0 Å². The van der Waals surface area contributed by atoms with Gasteiger partial charge in [0.1, 0.15) is 17.6 Å². The van der Waals surface area contributed by atoms with Gasteiger partial charge in [-0.15, -0.1) is 0 Å². The standard InChI is InChI=1S/C18H19NO4/c1-20-14-4-2-13(3-5-14)9-19-10-16(11-19)23-15-6-7-17-18(8-15)22-12-21-17/h2-8,16H,9-12H2,1H3. The second-order valence-electron chi connectivity index (χ2n) is 5.80. The molecule has 2 heterocycles. The first-order valence-electron chi connectivity index (χ1n) is 7.72. The molecule has 120 valence electrons. The van der Waals surface area contributed by atoms with Gasteiger partial charge in [-0.3, -0.25) is 4.90 Å². The highest BCUT2D eigenvalue weighted by Gasteiger charge is 2.28. The van der Waals surface area contributed by atoms with Crippen LogP contribution in [0.5, 0.6) is 23.0 Å². The van der Waals surface area contributed by atoms with E-state index in [9.17, 15) is 0 Å². The van der Waals surface area contributed by atoms with Gasteiger partial charge in [0, 0.05) is 25.7 Å². The molecule has 0 bridgehead atoms. The SMILES string of the molecule is COc1ccc(CN2CC(Oc3ccc4c(c3)OCO4)C2)cc1. The van der Waals surface area contributed by atoms with Crippen molar-refractivity contribution in [2.45, 2.75) is 12.6 Å².